The molecule has 1 N–H and O–H groups in total. The Morgan fingerprint density at radius 3 is 2.93 bits per heavy atom. The first kappa shape index (κ1) is 7.85. The summed E-state index contributed by atoms with van der Waals surface area (Å²) in [6, 6.07) is 4.11. The summed E-state index contributed by atoms with van der Waals surface area (Å²) < 4.78 is 2.10. The van der Waals surface area contributed by atoms with E-state index in [0.717, 1.165) is 17.3 Å². The molecule has 1 saturated carbocycles. The Bertz CT molecular complexity index is 468. The molecular formula is C11H13N3. The van der Waals surface area contributed by atoms with Gasteiger partial charge < -0.3 is 9.72 Å². The van der Waals surface area contributed by atoms with Crippen LogP contribution in [0.2, 0.25) is 0 Å². The van der Waals surface area contributed by atoms with Crippen molar-refractivity contribution >= 4 is 11.3 Å². The van der Waals surface area contributed by atoms with E-state index in [1.807, 2.05) is 7.05 Å². The van der Waals surface area contributed by atoms with Crippen molar-refractivity contribution in [2.45, 2.75) is 18.8 Å². The summed E-state index contributed by atoms with van der Waals surface area (Å²) in [6.45, 7) is 0. The topological polar surface area (TPSA) is 29.3 Å². The number of nitrogens with zero attached hydrogens (tertiary/aromatic N) is 2. The Hall–Kier alpha value is -1.51. The van der Waals surface area contributed by atoms with Crippen LogP contribution >= 0.6 is 0 Å². The predicted octanol–water partition coefficient (Wildman–Crippen LogP) is 2.25. The van der Waals surface area contributed by atoms with Gasteiger partial charge in [0.05, 0.1) is 11.4 Å². The van der Waals surface area contributed by atoms with Crippen LogP contribution in [-0.4, -0.2) is 16.4 Å². The van der Waals surface area contributed by atoms with Crippen molar-refractivity contribution in [2.24, 2.45) is 0 Å². The number of pyridine rings is 1. The third-order valence-electron chi connectivity index (χ3n) is 2.75. The van der Waals surface area contributed by atoms with Gasteiger partial charge in [0.15, 0.2) is 0 Å². The highest BCUT2D eigenvalue weighted by Gasteiger charge is 2.25. The zero-order valence-electron chi connectivity index (χ0n) is 8.20. The lowest BCUT2D eigenvalue weighted by Gasteiger charge is -1.99. The van der Waals surface area contributed by atoms with Crippen LogP contribution < -0.4 is 5.32 Å². The highest BCUT2D eigenvalue weighted by atomic mass is 15.0. The van der Waals surface area contributed by atoms with Crippen LogP contribution in [-0.2, 0) is 0 Å². The largest absolute Gasteiger partial charge is 0.387 e. The normalized spacial score (nSPS) is 16.1. The van der Waals surface area contributed by atoms with Crippen LogP contribution in [0.25, 0.3) is 5.65 Å². The number of hydrogen-bond acceptors (Lipinski definition) is 2. The summed E-state index contributed by atoms with van der Waals surface area (Å²) in [4.78, 5) is 4.59. The fraction of sp³-hybridized carbons (Fsp3) is 0.364. The molecule has 1 aliphatic rings. The van der Waals surface area contributed by atoms with Crippen LogP contribution in [0.1, 0.15) is 24.5 Å². The lowest BCUT2D eigenvalue weighted by atomic mass is 10.3. The number of rotatable bonds is 2. The van der Waals surface area contributed by atoms with Gasteiger partial charge in [0.2, 0.25) is 0 Å². The second-order valence-corrected chi connectivity index (χ2v) is 3.87. The van der Waals surface area contributed by atoms with Crippen LogP contribution in [0, 0.1) is 0 Å². The zero-order chi connectivity index (χ0) is 9.54. The van der Waals surface area contributed by atoms with E-state index < -0.39 is 0 Å². The Morgan fingerprint density at radius 1 is 1.36 bits per heavy atom. The predicted molar refractivity (Wildman–Crippen MR) is 56.7 cm³/mol. The summed E-state index contributed by atoms with van der Waals surface area (Å²) in [5.74, 6) is 0.730. The van der Waals surface area contributed by atoms with Gasteiger partial charge in [0, 0.05) is 25.4 Å². The molecule has 3 nitrogen and oxygen atoms in total. The van der Waals surface area contributed by atoms with Crippen LogP contribution in [0.4, 0.5) is 5.69 Å². The molecule has 2 heterocycles. The standard InChI is InChI=1S/C11H13N3/c1-12-9-4-5-11-13-10(8-2-3-8)7-14(11)6-9/h4-8,12H,2-3H2,1H3. The minimum Gasteiger partial charge on any atom is -0.387 e. The molecule has 1 fully saturated rings. The van der Waals surface area contributed by atoms with Gasteiger partial charge in [-0.15, -0.1) is 0 Å². The Balaban J connectivity index is 2.12. The van der Waals surface area contributed by atoms with Crippen molar-refractivity contribution in [3.63, 3.8) is 0 Å². The molecule has 3 heteroatoms. The SMILES string of the molecule is CNc1ccc2nc(C3CC3)cn2c1. The number of nitrogens with one attached hydrogen (secondary N) is 1. The molecule has 1 aliphatic carbocycles. The van der Waals surface area contributed by atoms with Gasteiger partial charge >= 0.3 is 0 Å². The molecule has 0 saturated heterocycles. The smallest absolute Gasteiger partial charge is 0.137 e. The third kappa shape index (κ3) is 1.16. The van der Waals surface area contributed by atoms with Gasteiger partial charge in [-0.25, -0.2) is 4.98 Å². The molecule has 0 spiro atoms. The summed E-state index contributed by atoms with van der Waals surface area (Å²) in [5, 5.41) is 3.12. The lowest BCUT2D eigenvalue weighted by Crippen LogP contribution is -1.90. The molecule has 0 radical (unpaired) electrons. The molecule has 2 aromatic heterocycles. The number of aromatic nitrogens is 2. The molecule has 0 aromatic carbocycles. The fourth-order valence-electron chi connectivity index (χ4n) is 1.74. The first-order chi connectivity index (χ1) is 6.86. The van der Waals surface area contributed by atoms with Crippen molar-refractivity contribution < 1.29 is 0 Å². The molecular weight excluding hydrogens is 174 g/mol. The van der Waals surface area contributed by atoms with E-state index >= 15 is 0 Å². The van der Waals surface area contributed by atoms with E-state index in [1.165, 1.54) is 18.5 Å². The number of anilines is 1. The van der Waals surface area contributed by atoms with E-state index in [-0.39, 0.29) is 0 Å². The fourth-order valence-corrected chi connectivity index (χ4v) is 1.74. The van der Waals surface area contributed by atoms with E-state index in [2.05, 4.69) is 39.2 Å². The molecule has 0 amide bonds. The maximum Gasteiger partial charge on any atom is 0.137 e. The van der Waals surface area contributed by atoms with Gasteiger partial charge in [-0.3, -0.25) is 0 Å². The van der Waals surface area contributed by atoms with Crippen molar-refractivity contribution in [1.29, 1.82) is 0 Å². The summed E-state index contributed by atoms with van der Waals surface area (Å²) >= 11 is 0. The Labute approximate surface area is 82.8 Å². The van der Waals surface area contributed by atoms with Gasteiger partial charge in [-0.1, -0.05) is 0 Å². The van der Waals surface area contributed by atoms with Crippen molar-refractivity contribution in [2.75, 3.05) is 12.4 Å². The monoisotopic (exact) mass is 187 g/mol. The highest BCUT2D eigenvalue weighted by molar-refractivity contribution is 5.50. The minimum atomic E-state index is 0.730. The minimum absolute atomic E-state index is 0.730. The quantitative estimate of drug-likeness (QED) is 0.781. The third-order valence-corrected chi connectivity index (χ3v) is 2.75. The van der Waals surface area contributed by atoms with E-state index in [0.29, 0.717) is 0 Å². The zero-order valence-corrected chi connectivity index (χ0v) is 8.20. The Morgan fingerprint density at radius 2 is 2.21 bits per heavy atom. The van der Waals surface area contributed by atoms with Gasteiger partial charge in [-0.2, -0.15) is 0 Å². The van der Waals surface area contributed by atoms with Crippen LogP contribution in [0.5, 0.6) is 0 Å². The van der Waals surface area contributed by atoms with E-state index in [9.17, 15) is 0 Å². The van der Waals surface area contributed by atoms with Gasteiger partial charge in [0.1, 0.15) is 5.65 Å². The molecule has 3 rings (SSSR count). The second-order valence-electron chi connectivity index (χ2n) is 3.87. The van der Waals surface area contributed by atoms with Crippen molar-refractivity contribution in [3.05, 3.63) is 30.2 Å². The summed E-state index contributed by atoms with van der Waals surface area (Å²) in [5.41, 5.74) is 3.42. The number of imidazole rings is 1. The van der Waals surface area contributed by atoms with Gasteiger partial charge in [-0.05, 0) is 25.0 Å². The maximum atomic E-state index is 4.59. The maximum absolute atomic E-state index is 4.59. The van der Waals surface area contributed by atoms with Crippen LogP contribution in [0.15, 0.2) is 24.5 Å². The Kier molecular flexibility index (Phi) is 1.54. The average Bonchev–Trinajstić information content (AvgIpc) is 2.97. The van der Waals surface area contributed by atoms with Crippen molar-refractivity contribution in [3.8, 4) is 0 Å². The number of fused-ring (bicyclic) bond motifs is 1. The van der Waals surface area contributed by atoms with Gasteiger partial charge in [0.25, 0.3) is 0 Å². The molecule has 0 bridgehead atoms. The average molecular weight is 187 g/mol. The van der Waals surface area contributed by atoms with E-state index in [1.54, 1.807) is 0 Å². The van der Waals surface area contributed by atoms with Crippen molar-refractivity contribution in [1.82, 2.24) is 9.38 Å². The summed E-state index contributed by atoms with van der Waals surface area (Å²) in [7, 11) is 1.93. The molecule has 0 unspecified atom stereocenters. The highest BCUT2D eigenvalue weighted by Crippen LogP contribution is 2.39. The first-order valence-electron chi connectivity index (χ1n) is 5.03. The molecule has 72 valence electrons. The first-order valence-corrected chi connectivity index (χ1v) is 5.03. The van der Waals surface area contributed by atoms with Crippen LogP contribution in [0.3, 0.4) is 0 Å². The molecule has 0 aliphatic heterocycles. The molecule has 2 aromatic rings. The second kappa shape index (κ2) is 2.74. The lowest BCUT2D eigenvalue weighted by molar-refractivity contribution is 1.06. The molecule has 14 heavy (non-hydrogen) atoms. The molecule has 0 atom stereocenters. The summed E-state index contributed by atoms with van der Waals surface area (Å²) in [6.07, 6.45) is 6.84. The van der Waals surface area contributed by atoms with E-state index in [4.69, 9.17) is 0 Å². The number of hydrogen-bond donors (Lipinski definition) is 1.